The van der Waals surface area contributed by atoms with Gasteiger partial charge in [0.25, 0.3) is 11.5 Å². The highest BCUT2D eigenvalue weighted by molar-refractivity contribution is 6.05. The van der Waals surface area contributed by atoms with Gasteiger partial charge >= 0.3 is 6.09 Å². The predicted molar refractivity (Wildman–Crippen MR) is 143 cm³/mol. The fourth-order valence-corrected chi connectivity index (χ4v) is 3.96. The van der Waals surface area contributed by atoms with Gasteiger partial charge < -0.3 is 15.2 Å². The second-order valence-electron chi connectivity index (χ2n) is 10.4. The maximum atomic E-state index is 13.8. The van der Waals surface area contributed by atoms with Crippen LogP contribution < -0.4 is 20.9 Å². The standard InChI is InChI=1S/C28H35N3O5/c1-17(2)15-31-25(30(7)27(34)36-28(4,5)6)24(19-10-8-18(3)9-11-19)22-14-20(35-16-23(29)32)12-13-21(22)26(31)33/h8-14,17H,15-16H2,1-7H3,(H2,29,32). The van der Waals surface area contributed by atoms with E-state index in [2.05, 4.69) is 0 Å². The number of carbonyl (C=O) groups excluding carboxylic acids is 2. The van der Waals surface area contributed by atoms with Gasteiger partial charge in [-0.3, -0.25) is 19.1 Å². The predicted octanol–water partition coefficient (Wildman–Crippen LogP) is 4.87. The summed E-state index contributed by atoms with van der Waals surface area (Å²) < 4.78 is 12.8. The average molecular weight is 494 g/mol. The number of hydrogen-bond donors (Lipinski definition) is 1. The van der Waals surface area contributed by atoms with Gasteiger partial charge in [0.15, 0.2) is 6.61 Å². The number of aromatic nitrogens is 1. The van der Waals surface area contributed by atoms with Crippen LogP contribution in [-0.4, -0.2) is 35.8 Å². The van der Waals surface area contributed by atoms with Gasteiger partial charge in [-0.15, -0.1) is 0 Å². The number of nitrogens with zero attached hydrogens (tertiary/aromatic N) is 2. The molecule has 2 aromatic carbocycles. The fourth-order valence-electron chi connectivity index (χ4n) is 3.96. The zero-order valence-electron chi connectivity index (χ0n) is 22.0. The molecule has 3 aromatic rings. The highest BCUT2D eigenvalue weighted by Crippen LogP contribution is 2.38. The van der Waals surface area contributed by atoms with Crippen molar-refractivity contribution < 1.29 is 19.1 Å². The summed E-state index contributed by atoms with van der Waals surface area (Å²) in [6, 6.07) is 12.9. The van der Waals surface area contributed by atoms with Gasteiger partial charge in [0.05, 0.1) is 0 Å². The summed E-state index contributed by atoms with van der Waals surface area (Å²) in [5, 5.41) is 1.07. The molecule has 0 fully saturated rings. The molecule has 2 amide bonds. The van der Waals surface area contributed by atoms with Crippen LogP contribution in [0.3, 0.4) is 0 Å². The number of carbonyl (C=O) groups is 2. The molecule has 0 saturated carbocycles. The van der Waals surface area contributed by atoms with Crippen LogP contribution >= 0.6 is 0 Å². The molecule has 0 aliphatic rings. The summed E-state index contributed by atoms with van der Waals surface area (Å²) in [5.74, 6) is 0.342. The molecule has 2 N–H and O–H groups in total. The van der Waals surface area contributed by atoms with E-state index >= 15 is 0 Å². The Kier molecular flexibility index (Phi) is 7.77. The summed E-state index contributed by atoms with van der Waals surface area (Å²) in [5.41, 5.74) is 6.88. The van der Waals surface area contributed by atoms with Gasteiger partial charge in [-0.1, -0.05) is 43.7 Å². The molecule has 0 saturated heterocycles. The number of ether oxygens (including phenoxy) is 2. The molecule has 36 heavy (non-hydrogen) atoms. The van der Waals surface area contributed by atoms with Gasteiger partial charge in [0, 0.05) is 29.9 Å². The summed E-state index contributed by atoms with van der Waals surface area (Å²) in [4.78, 5) is 39.7. The lowest BCUT2D eigenvalue weighted by Crippen LogP contribution is -2.38. The smallest absolute Gasteiger partial charge is 0.415 e. The molecule has 1 heterocycles. The monoisotopic (exact) mass is 493 g/mol. The first-order valence-corrected chi connectivity index (χ1v) is 11.9. The number of primary amides is 1. The number of nitrogens with two attached hydrogens (primary N) is 1. The zero-order chi connectivity index (χ0) is 26.8. The van der Waals surface area contributed by atoms with Crippen molar-refractivity contribution in [2.45, 2.75) is 53.7 Å². The third-order valence-corrected chi connectivity index (χ3v) is 5.47. The molecule has 0 unspecified atom stereocenters. The van der Waals surface area contributed by atoms with Gasteiger partial charge in [-0.05, 0) is 57.4 Å². The Balaban J connectivity index is 2.42. The average Bonchev–Trinajstić information content (AvgIpc) is 2.78. The van der Waals surface area contributed by atoms with Crippen molar-refractivity contribution in [3.8, 4) is 16.9 Å². The van der Waals surface area contributed by atoms with Crippen LogP contribution in [0.5, 0.6) is 5.75 Å². The van der Waals surface area contributed by atoms with Crippen molar-refractivity contribution >= 4 is 28.6 Å². The van der Waals surface area contributed by atoms with Crippen LogP contribution in [0.15, 0.2) is 47.3 Å². The summed E-state index contributed by atoms with van der Waals surface area (Å²) in [6.45, 7) is 11.5. The van der Waals surface area contributed by atoms with Crippen molar-refractivity contribution in [3.63, 3.8) is 0 Å². The third kappa shape index (κ3) is 6.05. The molecule has 0 aliphatic heterocycles. The minimum Gasteiger partial charge on any atom is -0.484 e. The number of amides is 2. The Morgan fingerprint density at radius 2 is 1.69 bits per heavy atom. The van der Waals surface area contributed by atoms with Crippen molar-refractivity contribution in [2.24, 2.45) is 11.7 Å². The van der Waals surface area contributed by atoms with Crippen molar-refractivity contribution in [2.75, 3.05) is 18.6 Å². The zero-order valence-corrected chi connectivity index (χ0v) is 22.0. The molecule has 0 atom stereocenters. The number of rotatable bonds is 7. The molecule has 8 heteroatoms. The van der Waals surface area contributed by atoms with Crippen molar-refractivity contribution in [1.29, 1.82) is 0 Å². The first kappa shape index (κ1) is 26.8. The van der Waals surface area contributed by atoms with Gasteiger partial charge in [0.1, 0.15) is 17.2 Å². The molecule has 192 valence electrons. The summed E-state index contributed by atoms with van der Waals surface area (Å²) >= 11 is 0. The van der Waals surface area contributed by atoms with Crippen LogP contribution in [-0.2, 0) is 16.1 Å². The Labute approximate surface area is 211 Å². The minimum absolute atomic E-state index is 0.134. The third-order valence-electron chi connectivity index (χ3n) is 5.47. The van der Waals surface area contributed by atoms with E-state index in [0.29, 0.717) is 34.4 Å². The Hall–Kier alpha value is -3.81. The molecular weight excluding hydrogens is 458 g/mol. The minimum atomic E-state index is -0.717. The first-order chi connectivity index (χ1) is 16.8. The highest BCUT2D eigenvalue weighted by atomic mass is 16.6. The molecule has 0 radical (unpaired) electrons. The molecule has 3 rings (SSSR count). The Bertz CT molecular complexity index is 1330. The van der Waals surface area contributed by atoms with Gasteiger partial charge in [-0.2, -0.15) is 0 Å². The molecule has 0 spiro atoms. The molecule has 8 nitrogen and oxygen atoms in total. The Morgan fingerprint density at radius 1 is 1.06 bits per heavy atom. The maximum absolute atomic E-state index is 13.8. The number of aryl methyl sites for hydroxylation is 1. The van der Waals surface area contributed by atoms with E-state index in [4.69, 9.17) is 15.2 Å². The van der Waals surface area contributed by atoms with Gasteiger partial charge in [0.2, 0.25) is 0 Å². The van der Waals surface area contributed by atoms with Crippen LogP contribution in [0, 0.1) is 12.8 Å². The van der Waals surface area contributed by atoms with E-state index in [-0.39, 0.29) is 18.1 Å². The topological polar surface area (TPSA) is 104 Å². The molecule has 1 aromatic heterocycles. The lowest BCUT2D eigenvalue weighted by molar-refractivity contribution is -0.119. The SMILES string of the molecule is Cc1ccc(-c2c(N(C)C(=O)OC(C)(C)C)n(CC(C)C)c(=O)c3ccc(OCC(N)=O)cc23)cc1. The molecule has 0 aliphatic carbocycles. The van der Waals surface area contributed by atoms with E-state index in [1.807, 2.05) is 45.0 Å². The number of pyridine rings is 1. The van der Waals surface area contributed by atoms with E-state index in [1.165, 1.54) is 4.90 Å². The second kappa shape index (κ2) is 10.4. The van der Waals surface area contributed by atoms with Crippen LogP contribution in [0.4, 0.5) is 10.6 Å². The number of fused-ring (bicyclic) bond motifs is 1. The van der Waals surface area contributed by atoms with Crippen LogP contribution in [0.1, 0.15) is 40.2 Å². The van der Waals surface area contributed by atoms with Gasteiger partial charge in [-0.25, -0.2) is 4.79 Å². The normalized spacial score (nSPS) is 11.6. The van der Waals surface area contributed by atoms with E-state index < -0.39 is 17.6 Å². The van der Waals surface area contributed by atoms with Crippen LogP contribution in [0.25, 0.3) is 21.9 Å². The lowest BCUT2D eigenvalue weighted by atomic mass is 9.97. The van der Waals surface area contributed by atoms with E-state index in [0.717, 1.165) is 11.1 Å². The number of benzene rings is 2. The van der Waals surface area contributed by atoms with E-state index in [9.17, 15) is 14.4 Å². The van der Waals surface area contributed by atoms with Crippen molar-refractivity contribution in [1.82, 2.24) is 4.57 Å². The summed E-state index contributed by atoms with van der Waals surface area (Å²) in [7, 11) is 1.61. The number of hydrogen-bond acceptors (Lipinski definition) is 5. The quantitative estimate of drug-likeness (QED) is 0.506. The lowest BCUT2D eigenvalue weighted by Gasteiger charge is -2.29. The molecular formula is C28H35N3O5. The number of anilines is 1. The first-order valence-electron chi connectivity index (χ1n) is 11.9. The molecule has 0 bridgehead atoms. The summed E-state index contributed by atoms with van der Waals surface area (Å²) in [6.07, 6.45) is -0.576. The Morgan fingerprint density at radius 3 is 2.25 bits per heavy atom. The van der Waals surface area contributed by atoms with E-state index in [1.54, 1.807) is 50.6 Å². The second-order valence-corrected chi connectivity index (χ2v) is 10.4. The maximum Gasteiger partial charge on any atom is 0.415 e. The van der Waals surface area contributed by atoms with Crippen LogP contribution in [0.2, 0.25) is 0 Å². The largest absolute Gasteiger partial charge is 0.484 e. The fraction of sp³-hybridized carbons (Fsp3) is 0.393. The highest BCUT2D eigenvalue weighted by Gasteiger charge is 2.28. The van der Waals surface area contributed by atoms with Crippen molar-refractivity contribution in [3.05, 3.63) is 58.4 Å².